The van der Waals surface area contributed by atoms with Gasteiger partial charge in [-0.1, -0.05) is 37.3 Å². The van der Waals surface area contributed by atoms with Gasteiger partial charge in [-0.05, 0) is 49.1 Å². The van der Waals surface area contributed by atoms with Crippen LogP contribution in [0.15, 0.2) is 64.5 Å². The molecule has 1 aliphatic carbocycles. The van der Waals surface area contributed by atoms with Crippen LogP contribution < -0.4 is 16.0 Å². The molecule has 0 aromatic heterocycles. The predicted molar refractivity (Wildman–Crippen MR) is 122 cm³/mol. The molecule has 1 amide bonds. The Bertz CT molecular complexity index is 834. The molecule has 1 fully saturated rings. The summed E-state index contributed by atoms with van der Waals surface area (Å²) in [6.45, 7) is 4.24. The highest BCUT2D eigenvalue weighted by atomic mass is 32.2. The lowest BCUT2D eigenvalue weighted by Crippen LogP contribution is -2.40. The minimum atomic E-state index is -0.0233. The number of aliphatic imine (C=N–C) groups is 1. The van der Waals surface area contributed by atoms with E-state index in [0.29, 0.717) is 18.7 Å². The van der Waals surface area contributed by atoms with E-state index in [0.717, 1.165) is 24.5 Å². The van der Waals surface area contributed by atoms with Crippen molar-refractivity contribution in [3.63, 3.8) is 0 Å². The maximum absolute atomic E-state index is 12.2. The van der Waals surface area contributed by atoms with Crippen LogP contribution in [-0.4, -0.2) is 36.8 Å². The monoisotopic (exact) mass is 410 g/mol. The number of carbonyl (C=O) groups excluding carboxylic acids is 1. The lowest BCUT2D eigenvalue weighted by molar-refractivity contribution is 0.0953. The standard InChI is InChI=1S/C23H30N4OS/c1-3-14-25-21(28)19-9-7-8-18(15-19)16-26-22(24-2)27-17-23(12-13-23)29-20-10-5-4-6-11-20/h4-11,15H,3,12-14,16-17H2,1-2H3,(H,25,28)(H2,24,26,27). The minimum absolute atomic E-state index is 0.0233. The second-order valence-electron chi connectivity index (χ2n) is 7.33. The fourth-order valence-electron chi connectivity index (χ4n) is 3.01. The summed E-state index contributed by atoms with van der Waals surface area (Å²) in [7, 11) is 1.79. The summed E-state index contributed by atoms with van der Waals surface area (Å²) in [5, 5.41) is 9.74. The number of nitrogens with one attached hydrogen (secondary N) is 3. The van der Waals surface area contributed by atoms with Gasteiger partial charge in [0.15, 0.2) is 5.96 Å². The Balaban J connectivity index is 1.49. The zero-order chi connectivity index (χ0) is 20.5. The van der Waals surface area contributed by atoms with Crippen LogP contribution >= 0.6 is 11.8 Å². The fourth-order valence-corrected chi connectivity index (χ4v) is 4.25. The Labute approximate surface area is 177 Å². The largest absolute Gasteiger partial charge is 0.355 e. The van der Waals surface area contributed by atoms with Crippen molar-refractivity contribution in [2.24, 2.45) is 4.99 Å². The molecule has 0 spiro atoms. The second kappa shape index (κ2) is 10.3. The van der Waals surface area contributed by atoms with Gasteiger partial charge in [-0.25, -0.2) is 0 Å². The molecule has 154 valence electrons. The molecule has 0 heterocycles. The predicted octanol–water partition coefficient (Wildman–Crippen LogP) is 3.82. The summed E-state index contributed by atoms with van der Waals surface area (Å²) in [5.41, 5.74) is 1.74. The molecule has 1 saturated carbocycles. The van der Waals surface area contributed by atoms with Crippen molar-refractivity contribution in [3.05, 3.63) is 65.7 Å². The van der Waals surface area contributed by atoms with Gasteiger partial charge in [0.2, 0.25) is 0 Å². The highest BCUT2D eigenvalue weighted by Crippen LogP contribution is 2.51. The van der Waals surface area contributed by atoms with Crippen molar-refractivity contribution in [3.8, 4) is 0 Å². The minimum Gasteiger partial charge on any atom is -0.355 e. The number of thioether (sulfide) groups is 1. The van der Waals surface area contributed by atoms with Crippen molar-refractivity contribution in [2.45, 2.75) is 42.4 Å². The van der Waals surface area contributed by atoms with Crippen molar-refractivity contribution in [2.75, 3.05) is 20.1 Å². The Kier molecular flexibility index (Phi) is 7.58. The van der Waals surface area contributed by atoms with Crippen molar-refractivity contribution in [1.29, 1.82) is 0 Å². The molecule has 5 nitrogen and oxygen atoms in total. The number of nitrogens with zero attached hydrogens (tertiary/aromatic N) is 1. The third-order valence-corrected chi connectivity index (χ3v) is 6.37. The van der Waals surface area contributed by atoms with Crippen LogP contribution in [0.25, 0.3) is 0 Å². The van der Waals surface area contributed by atoms with Gasteiger partial charge in [0, 0.05) is 41.9 Å². The average molecular weight is 411 g/mol. The molecule has 2 aromatic rings. The third kappa shape index (κ3) is 6.53. The van der Waals surface area contributed by atoms with E-state index in [2.05, 4.69) is 51.3 Å². The van der Waals surface area contributed by atoms with Gasteiger partial charge in [-0.2, -0.15) is 0 Å². The summed E-state index contributed by atoms with van der Waals surface area (Å²) in [5.74, 6) is 0.760. The first-order chi connectivity index (χ1) is 14.1. The molecular weight excluding hydrogens is 380 g/mol. The molecule has 2 aromatic carbocycles. The first kappa shape index (κ1) is 21.2. The topological polar surface area (TPSA) is 65.5 Å². The molecule has 6 heteroatoms. The number of carbonyl (C=O) groups is 1. The Morgan fingerprint density at radius 1 is 1.07 bits per heavy atom. The molecule has 0 bridgehead atoms. The van der Waals surface area contributed by atoms with E-state index >= 15 is 0 Å². The lowest BCUT2D eigenvalue weighted by Gasteiger charge is -2.18. The van der Waals surface area contributed by atoms with Gasteiger partial charge < -0.3 is 16.0 Å². The first-order valence-corrected chi connectivity index (χ1v) is 11.0. The van der Waals surface area contributed by atoms with Crippen molar-refractivity contribution < 1.29 is 4.79 Å². The summed E-state index contributed by atoms with van der Waals surface area (Å²) in [4.78, 5) is 17.8. The van der Waals surface area contributed by atoms with E-state index in [9.17, 15) is 4.79 Å². The summed E-state index contributed by atoms with van der Waals surface area (Å²) < 4.78 is 0.260. The molecule has 0 saturated heterocycles. The van der Waals surface area contributed by atoms with Gasteiger partial charge >= 0.3 is 0 Å². The van der Waals surface area contributed by atoms with Gasteiger partial charge in [0.05, 0.1) is 0 Å². The van der Waals surface area contributed by atoms with Gasteiger partial charge in [-0.15, -0.1) is 11.8 Å². The maximum Gasteiger partial charge on any atom is 0.251 e. The molecule has 0 radical (unpaired) electrons. The maximum atomic E-state index is 12.2. The number of amides is 1. The summed E-state index contributed by atoms with van der Waals surface area (Å²) in [6.07, 6.45) is 3.36. The highest BCUT2D eigenvalue weighted by molar-refractivity contribution is 8.01. The average Bonchev–Trinajstić information content (AvgIpc) is 3.52. The van der Waals surface area contributed by atoms with E-state index in [1.54, 1.807) is 7.05 Å². The van der Waals surface area contributed by atoms with Crippen LogP contribution in [0.3, 0.4) is 0 Å². The fraction of sp³-hybridized carbons (Fsp3) is 0.391. The smallest absolute Gasteiger partial charge is 0.251 e. The van der Waals surface area contributed by atoms with E-state index < -0.39 is 0 Å². The van der Waals surface area contributed by atoms with Crippen LogP contribution in [0.4, 0.5) is 0 Å². The Morgan fingerprint density at radius 3 is 2.55 bits per heavy atom. The highest BCUT2D eigenvalue weighted by Gasteiger charge is 2.43. The zero-order valence-corrected chi connectivity index (χ0v) is 18.0. The van der Waals surface area contributed by atoms with Crippen molar-refractivity contribution in [1.82, 2.24) is 16.0 Å². The Hall–Kier alpha value is -2.47. The van der Waals surface area contributed by atoms with Crippen molar-refractivity contribution >= 4 is 23.6 Å². The molecule has 1 aliphatic rings. The quantitative estimate of drug-likeness (QED) is 0.434. The van der Waals surface area contributed by atoms with Gasteiger partial charge in [0.25, 0.3) is 5.91 Å². The molecule has 3 rings (SSSR count). The first-order valence-electron chi connectivity index (χ1n) is 10.2. The van der Waals surface area contributed by atoms with E-state index in [1.165, 1.54) is 17.7 Å². The van der Waals surface area contributed by atoms with Crippen LogP contribution in [0, 0.1) is 0 Å². The lowest BCUT2D eigenvalue weighted by atomic mass is 10.1. The number of hydrogen-bond donors (Lipinski definition) is 3. The van der Waals surface area contributed by atoms with Gasteiger partial charge in [0.1, 0.15) is 0 Å². The van der Waals surface area contributed by atoms with E-state index in [-0.39, 0.29) is 10.7 Å². The summed E-state index contributed by atoms with van der Waals surface area (Å²) in [6, 6.07) is 18.3. The zero-order valence-electron chi connectivity index (χ0n) is 17.2. The normalized spacial score (nSPS) is 14.9. The number of benzene rings is 2. The molecule has 3 N–H and O–H groups in total. The number of guanidine groups is 1. The molecule has 0 unspecified atom stereocenters. The Morgan fingerprint density at radius 2 is 1.86 bits per heavy atom. The van der Waals surface area contributed by atoms with Crippen LogP contribution in [0.1, 0.15) is 42.1 Å². The van der Waals surface area contributed by atoms with Crippen LogP contribution in [-0.2, 0) is 6.54 Å². The molecular formula is C23H30N4OS. The van der Waals surface area contributed by atoms with E-state index in [1.807, 2.05) is 43.0 Å². The molecule has 0 aliphatic heterocycles. The SMILES string of the molecule is CCCNC(=O)c1cccc(CNC(=NC)NCC2(Sc3ccccc3)CC2)c1. The summed E-state index contributed by atoms with van der Waals surface area (Å²) >= 11 is 1.95. The molecule has 0 atom stereocenters. The second-order valence-corrected chi connectivity index (χ2v) is 8.88. The van der Waals surface area contributed by atoms with E-state index in [4.69, 9.17) is 0 Å². The molecule has 29 heavy (non-hydrogen) atoms. The van der Waals surface area contributed by atoms with Crippen LogP contribution in [0.2, 0.25) is 0 Å². The van der Waals surface area contributed by atoms with Gasteiger partial charge in [-0.3, -0.25) is 9.79 Å². The number of rotatable bonds is 9. The van der Waals surface area contributed by atoms with Crippen LogP contribution in [0.5, 0.6) is 0 Å². The number of hydrogen-bond acceptors (Lipinski definition) is 3. The third-order valence-electron chi connectivity index (χ3n) is 4.87.